The number of rotatable bonds is 4. The van der Waals surface area contributed by atoms with Gasteiger partial charge in [-0.15, -0.1) is 0 Å². The van der Waals surface area contributed by atoms with Gasteiger partial charge < -0.3 is 5.32 Å². The molecule has 19 heavy (non-hydrogen) atoms. The molecule has 0 aliphatic carbocycles. The fraction of sp³-hybridized carbons (Fsp3) is 0.235. The summed E-state index contributed by atoms with van der Waals surface area (Å²) in [5, 5.41) is 3.43. The van der Waals surface area contributed by atoms with Crippen molar-refractivity contribution in [2.45, 2.75) is 12.3 Å². The van der Waals surface area contributed by atoms with Crippen LogP contribution in [0.4, 0.5) is 0 Å². The van der Waals surface area contributed by atoms with E-state index >= 15 is 0 Å². The van der Waals surface area contributed by atoms with Crippen molar-refractivity contribution >= 4 is 5.84 Å². The van der Waals surface area contributed by atoms with E-state index in [0.717, 1.165) is 25.3 Å². The van der Waals surface area contributed by atoms with Gasteiger partial charge in [-0.25, -0.2) is 0 Å². The van der Waals surface area contributed by atoms with Gasteiger partial charge in [-0.05, 0) is 17.5 Å². The second-order valence-corrected chi connectivity index (χ2v) is 4.85. The van der Waals surface area contributed by atoms with Gasteiger partial charge >= 0.3 is 0 Å². The molecule has 0 spiro atoms. The Balaban J connectivity index is 1.89. The highest BCUT2D eigenvalue weighted by Gasteiger charge is 2.20. The molecule has 0 fully saturated rings. The van der Waals surface area contributed by atoms with Crippen LogP contribution in [-0.2, 0) is 6.42 Å². The van der Waals surface area contributed by atoms with Crippen molar-refractivity contribution in [3.63, 3.8) is 0 Å². The molecule has 2 heteroatoms. The van der Waals surface area contributed by atoms with Crippen LogP contribution in [0.1, 0.15) is 17.0 Å². The van der Waals surface area contributed by atoms with Crippen LogP contribution in [0.15, 0.2) is 65.7 Å². The van der Waals surface area contributed by atoms with Crippen LogP contribution in [0, 0.1) is 0 Å². The van der Waals surface area contributed by atoms with Crippen LogP contribution in [0.3, 0.4) is 0 Å². The van der Waals surface area contributed by atoms with Crippen molar-refractivity contribution in [3.05, 3.63) is 71.8 Å². The number of benzene rings is 2. The molecule has 3 rings (SSSR count). The summed E-state index contributed by atoms with van der Waals surface area (Å²) in [7, 11) is 0. The Kier molecular flexibility index (Phi) is 3.59. The predicted molar refractivity (Wildman–Crippen MR) is 79.6 cm³/mol. The SMILES string of the molecule is c1ccc(CC(C2=NCCN2)c2ccccc2)cc1. The first-order chi connectivity index (χ1) is 9.43. The van der Waals surface area contributed by atoms with Crippen molar-refractivity contribution in [2.24, 2.45) is 4.99 Å². The summed E-state index contributed by atoms with van der Waals surface area (Å²) < 4.78 is 0. The van der Waals surface area contributed by atoms with Crippen LogP contribution in [0.25, 0.3) is 0 Å². The molecule has 1 N–H and O–H groups in total. The maximum Gasteiger partial charge on any atom is 0.104 e. The van der Waals surface area contributed by atoms with E-state index in [1.54, 1.807) is 0 Å². The third-order valence-corrected chi connectivity index (χ3v) is 3.51. The molecular weight excluding hydrogens is 232 g/mol. The average Bonchev–Trinajstić information content (AvgIpc) is 3.01. The first-order valence-corrected chi connectivity index (χ1v) is 6.80. The van der Waals surface area contributed by atoms with Crippen LogP contribution in [0.5, 0.6) is 0 Å². The first-order valence-electron chi connectivity index (χ1n) is 6.80. The Bertz CT molecular complexity index is 546. The fourth-order valence-electron chi connectivity index (χ4n) is 2.56. The number of nitrogens with zero attached hydrogens (tertiary/aromatic N) is 1. The van der Waals surface area contributed by atoms with Crippen molar-refractivity contribution in [3.8, 4) is 0 Å². The molecule has 0 amide bonds. The van der Waals surface area contributed by atoms with Crippen LogP contribution < -0.4 is 5.32 Å². The molecule has 1 aliphatic heterocycles. The average molecular weight is 250 g/mol. The standard InChI is InChI=1S/C17H18N2/c1-3-7-14(8-4-1)13-16(17-18-11-12-19-17)15-9-5-2-6-10-15/h1-10,16H,11-13H2,(H,18,19). The predicted octanol–water partition coefficient (Wildman–Crippen LogP) is 3.01. The van der Waals surface area contributed by atoms with E-state index < -0.39 is 0 Å². The second-order valence-electron chi connectivity index (χ2n) is 4.85. The zero-order valence-electron chi connectivity index (χ0n) is 10.9. The number of hydrogen-bond donors (Lipinski definition) is 1. The number of amidine groups is 1. The Morgan fingerprint density at radius 3 is 2.26 bits per heavy atom. The molecular formula is C17H18N2. The lowest BCUT2D eigenvalue weighted by atomic mass is 9.91. The monoisotopic (exact) mass is 250 g/mol. The summed E-state index contributed by atoms with van der Waals surface area (Å²) in [6.45, 7) is 1.86. The molecule has 0 radical (unpaired) electrons. The summed E-state index contributed by atoms with van der Waals surface area (Å²) in [6, 6.07) is 21.3. The molecule has 1 aliphatic rings. The van der Waals surface area contributed by atoms with Crippen molar-refractivity contribution in [1.29, 1.82) is 0 Å². The normalized spacial score (nSPS) is 15.7. The Morgan fingerprint density at radius 2 is 1.63 bits per heavy atom. The van der Waals surface area contributed by atoms with E-state index in [1.807, 2.05) is 0 Å². The molecule has 1 atom stereocenters. The zero-order chi connectivity index (χ0) is 12.9. The van der Waals surface area contributed by atoms with Crippen LogP contribution >= 0.6 is 0 Å². The molecule has 0 bridgehead atoms. The molecule has 1 unspecified atom stereocenters. The van der Waals surface area contributed by atoms with Crippen molar-refractivity contribution < 1.29 is 0 Å². The topological polar surface area (TPSA) is 24.4 Å². The maximum atomic E-state index is 4.61. The summed E-state index contributed by atoms with van der Waals surface area (Å²) >= 11 is 0. The Labute approximate surface area is 114 Å². The third kappa shape index (κ3) is 2.84. The summed E-state index contributed by atoms with van der Waals surface area (Å²) in [5.41, 5.74) is 2.69. The summed E-state index contributed by atoms with van der Waals surface area (Å²) in [6.07, 6.45) is 0.997. The van der Waals surface area contributed by atoms with Gasteiger partial charge in [0.15, 0.2) is 0 Å². The third-order valence-electron chi connectivity index (χ3n) is 3.51. The van der Waals surface area contributed by atoms with E-state index in [2.05, 4.69) is 71.0 Å². The van der Waals surface area contributed by atoms with Crippen molar-refractivity contribution in [1.82, 2.24) is 5.32 Å². The summed E-state index contributed by atoms with van der Waals surface area (Å²) in [4.78, 5) is 4.61. The van der Waals surface area contributed by atoms with Gasteiger partial charge in [-0.1, -0.05) is 60.7 Å². The molecule has 2 aromatic carbocycles. The molecule has 0 saturated heterocycles. The quantitative estimate of drug-likeness (QED) is 0.886. The molecule has 0 aromatic heterocycles. The van der Waals surface area contributed by atoms with E-state index in [0.29, 0.717) is 5.92 Å². The minimum absolute atomic E-state index is 0.339. The number of aliphatic imine (C=N–C) groups is 1. The highest BCUT2D eigenvalue weighted by molar-refractivity contribution is 5.90. The largest absolute Gasteiger partial charge is 0.371 e. The second kappa shape index (κ2) is 5.70. The van der Waals surface area contributed by atoms with Gasteiger partial charge in [0.2, 0.25) is 0 Å². The number of hydrogen-bond acceptors (Lipinski definition) is 2. The van der Waals surface area contributed by atoms with Crippen LogP contribution in [-0.4, -0.2) is 18.9 Å². The zero-order valence-corrected chi connectivity index (χ0v) is 10.9. The van der Waals surface area contributed by atoms with E-state index in [1.165, 1.54) is 11.1 Å². The minimum atomic E-state index is 0.339. The molecule has 96 valence electrons. The lowest BCUT2D eigenvalue weighted by Gasteiger charge is -2.18. The Hall–Kier alpha value is -2.09. The molecule has 2 aromatic rings. The van der Waals surface area contributed by atoms with E-state index in [4.69, 9.17) is 0 Å². The lowest BCUT2D eigenvalue weighted by Crippen LogP contribution is -2.27. The highest BCUT2D eigenvalue weighted by Crippen LogP contribution is 2.22. The van der Waals surface area contributed by atoms with Crippen molar-refractivity contribution in [2.75, 3.05) is 13.1 Å². The highest BCUT2D eigenvalue weighted by atomic mass is 15.1. The van der Waals surface area contributed by atoms with Gasteiger partial charge in [-0.2, -0.15) is 0 Å². The smallest absolute Gasteiger partial charge is 0.104 e. The number of nitrogens with one attached hydrogen (secondary N) is 1. The van der Waals surface area contributed by atoms with Gasteiger partial charge in [0.1, 0.15) is 5.84 Å². The maximum absolute atomic E-state index is 4.61. The fourth-order valence-corrected chi connectivity index (χ4v) is 2.56. The lowest BCUT2D eigenvalue weighted by molar-refractivity contribution is 0.840. The summed E-state index contributed by atoms with van der Waals surface area (Å²) in [5.74, 6) is 1.47. The first kappa shape index (κ1) is 12.0. The van der Waals surface area contributed by atoms with E-state index in [-0.39, 0.29) is 0 Å². The Morgan fingerprint density at radius 1 is 0.947 bits per heavy atom. The van der Waals surface area contributed by atoms with Gasteiger partial charge in [0, 0.05) is 12.5 Å². The minimum Gasteiger partial charge on any atom is -0.371 e. The van der Waals surface area contributed by atoms with Gasteiger partial charge in [-0.3, -0.25) is 4.99 Å². The molecule has 1 heterocycles. The van der Waals surface area contributed by atoms with Gasteiger partial charge in [0.25, 0.3) is 0 Å². The van der Waals surface area contributed by atoms with Gasteiger partial charge in [0.05, 0.1) is 6.54 Å². The molecule has 2 nitrogen and oxygen atoms in total. The molecule has 0 saturated carbocycles. The van der Waals surface area contributed by atoms with E-state index in [9.17, 15) is 0 Å². The van der Waals surface area contributed by atoms with Crippen LogP contribution in [0.2, 0.25) is 0 Å².